The Kier molecular flexibility index (Phi) is 5.67. The van der Waals surface area contributed by atoms with Crippen LogP contribution in [0.3, 0.4) is 0 Å². The van der Waals surface area contributed by atoms with Crippen molar-refractivity contribution in [3.8, 4) is 23.0 Å². The molecule has 0 aliphatic rings. The molecule has 0 aliphatic carbocycles. The summed E-state index contributed by atoms with van der Waals surface area (Å²) in [7, 11) is 0. The summed E-state index contributed by atoms with van der Waals surface area (Å²) in [6.07, 6.45) is 0.641. The number of benzene rings is 3. The van der Waals surface area contributed by atoms with Gasteiger partial charge in [-0.3, -0.25) is 0 Å². The molecule has 0 fully saturated rings. The van der Waals surface area contributed by atoms with Crippen molar-refractivity contribution in [2.24, 2.45) is 5.73 Å². The van der Waals surface area contributed by atoms with Crippen LogP contribution in [0.4, 0.5) is 0 Å². The molecule has 0 saturated carbocycles. The van der Waals surface area contributed by atoms with E-state index in [1.807, 2.05) is 78.9 Å². The summed E-state index contributed by atoms with van der Waals surface area (Å²) in [5.41, 5.74) is 6.81. The van der Waals surface area contributed by atoms with Crippen LogP contribution in [0.5, 0.6) is 23.0 Å². The molecule has 3 aromatic carbocycles. The molecule has 0 aliphatic heterocycles. The summed E-state index contributed by atoms with van der Waals surface area (Å²) < 4.78 is 11.6. The van der Waals surface area contributed by atoms with E-state index < -0.39 is 0 Å². The third-order valence-electron chi connectivity index (χ3n) is 3.69. The molecule has 0 radical (unpaired) electrons. The van der Waals surface area contributed by atoms with Crippen LogP contribution in [0, 0.1) is 0 Å². The molecule has 4 heteroatoms. The van der Waals surface area contributed by atoms with Gasteiger partial charge in [-0.2, -0.15) is 0 Å². The van der Waals surface area contributed by atoms with Crippen LogP contribution in [-0.4, -0.2) is 17.8 Å². The number of aliphatic hydroxyl groups is 1. The molecule has 1 unspecified atom stereocenters. The first-order chi connectivity index (χ1) is 12.2. The maximum atomic E-state index is 9.00. The smallest absolute Gasteiger partial charge is 0.127 e. The highest BCUT2D eigenvalue weighted by Crippen LogP contribution is 2.26. The molecule has 0 heterocycles. The summed E-state index contributed by atoms with van der Waals surface area (Å²) in [6.45, 7) is -0.0182. The van der Waals surface area contributed by atoms with Gasteiger partial charge in [-0.05, 0) is 60.5 Å². The SMILES string of the molecule is NC(CO)Cc1ccc(Oc2ccc(Oc3ccccc3)cc2)cc1. The molecule has 3 aromatic rings. The lowest BCUT2D eigenvalue weighted by molar-refractivity contribution is 0.265. The monoisotopic (exact) mass is 335 g/mol. The molecule has 1 atom stereocenters. The minimum atomic E-state index is -0.232. The molecule has 25 heavy (non-hydrogen) atoms. The molecule has 3 rings (SSSR count). The van der Waals surface area contributed by atoms with Crippen molar-refractivity contribution in [1.82, 2.24) is 0 Å². The van der Waals surface area contributed by atoms with Gasteiger partial charge >= 0.3 is 0 Å². The van der Waals surface area contributed by atoms with Gasteiger partial charge in [0.25, 0.3) is 0 Å². The fraction of sp³-hybridized carbons (Fsp3) is 0.143. The number of nitrogens with two attached hydrogens (primary N) is 1. The van der Waals surface area contributed by atoms with Crippen molar-refractivity contribution >= 4 is 0 Å². The maximum absolute atomic E-state index is 9.00. The highest BCUT2D eigenvalue weighted by molar-refractivity contribution is 5.38. The van der Waals surface area contributed by atoms with Crippen molar-refractivity contribution < 1.29 is 14.6 Å². The van der Waals surface area contributed by atoms with Crippen molar-refractivity contribution in [1.29, 1.82) is 0 Å². The van der Waals surface area contributed by atoms with E-state index in [0.29, 0.717) is 6.42 Å². The average molecular weight is 335 g/mol. The number of aliphatic hydroxyl groups excluding tert-OH is 1. The Bertz CT molecular complexity index is 771. The minimum absolute atomic E-state index is 0.0182. The molecule has 0 aromatic heterocycles. The van der Waals surface area contributed by atoms with Gasteiger partial charge in [-0.1, -0.05) is 30.3 Å². The first kappa shape index (κ1) is 17.0. The lowest BCUT2D eigenvalue weighted by Gasteiger charge is -2.10. The van der Waals surface area contributed by atoms with Gasteiger partial charge in [-0.15, -0.1) is 0 Å². The maximum Gasteiger partial charge on any atom is 0.127 e. The number of rotatable bonds is 7. The second kappa shape index (κ2) is 8.33. The van der Waals surface area contributed by atoms with E-state index in [9.17, 15) is 0 Å². The van der Waals surface area contributed by atoms with E-state index in [1.165, 1.54) is 0 Å². The van der Waals surface area contributed by atoms with Crippen molar-refractivity contribution in [3.63, 3.8) is 0 Å². The number of para-hydroxylation sites is 1. The Balaban J connectivity index is 1.59. The predicted molar refractivity (Wildman–Crippen MR) is 98.2 cm³/mol. The summed E-state index contributed by atoms with van der Waals surface area (Å²) in [5, 5.41) is 9.00. The van der Waals surface area contributed by atoms with Crippen LogP contribution in [0.2, 0.25) is 0 Å². The predicted octanol–water partition coefficient (Wildman–Crippen LogP) is 4.13. The van der Waals surface area contributed by atoms with Crippen molar-refractivity contribution in [3.05, 3.63) is 84.4 Å². The van der Waals surface area contributed by atoms with E-state index in [2.05, 4.69) is 0 Å². The van der Waals surface area contributed by atoms with E-state index in [4.69, 9.17) is 20.3 Å². The van der Waals surface area contributed by atoms with Gasteiger partial charge in [0, 0.05) is 6.04 Å². The molecule has 4 nitrogen and oxygen atoms in total. The first-order valence-electron chi connectivity index (χ1n) is 8.19. The zero-order valence-electron chi connectivity index (χ0n) is 13.8. The van der Waals surface area contributed by atoms with Crippen molar-refractivity contribution in [2.45, 2.75) is 12.5 Å². The van der Waals surface area contributed by atoms with Gasteiger partial charge in [0.1, 0.15) is 23.0 Å². The van der Waals surface area contributed by atoms with Gasteiger partial charge in [0.05, 0.1) is 6.61 Å². The van der Waals surface area contributed by atoms with Crippen LogP contribution in [-0.2, 0) is 6.42 Å². The van der Waals surface area contributed by atoms with Crippen LogP contribution in [0.25, 0.3) is 0 Å². The zero-order chi connectivity index (χ0) is 17.5. The van der Waals surface area contributed by atoms with Gasteiger partial charge in [-0.25, -0.2) is 0 Å². The van der Waals surface area contributed by atoms with Gasteiger partial charge in [0.2, 0.25) is 0 Å². The molecule has 0 bridgehead atoms. The highest BCUT2D eigenvalue weighted by Gasteiger charge is 2.04. The summed E-state index contributed by atoms with van der Waals surface area (Å²) >= 11 is 0. The number of ether oxygens (including phenoxy) is 2. The average Bonchev–Trinajstić information content (AvgIpc) is 2.66. The topological polar surface area (TPSA) is 64.7 Å². The molecule has 0 saturated heterocycles. The molecule has 0 amide bonds. The molecule has 0 spiro atoms. The lowest BCUT2D eigenvalue weighted by Crippen LogP contribution is -2.26. The van der Waals surface area contributed by atoms with Crippen LogP contribution >= 0.6 is 0 Å². The Labute approximate surface area is 147 Å². The first-order valence-corrected chi connectivity index (χ1v) is 8.19. The number of hydrogen-bond acceptors (Lipinski definition) is 4. The normalized spacial score (nSPS) is 11.8. The van der Waals surface area contributed by atoms with E-state index in [0.717, 1.165) is 28.6 Å². The van der Waals surface area contributed by atoms with Crippen LogP contribution < -0.4 is 15.2 Å². The molecular weight excluding hydrogens is 314 g/mol. The molecular formula is C21H21NO3. The van der Waals surface area contributed by atoms with E-state index in [1.54, 1.807) is 0 Å². The summed E-state index contributed by atoms with van der Waals surface area (Å²) in [4.78, 5) is 0. The Morgan fingerprint density at radius 2 is 1.12 bits per heavy atom. The second-order valence-electron chi connectivity index (χ2n) is 5.78. The third-order valence-corrected chi connectivity index (χ3v) is 3.69. The quantitative estimate of drug-likeness (QED) is 0.681. The zero-order valence-corrected chi connectivity index (χ0v) is 13.8. The lowest BCUT2D eigenvalue weighted by atomic mass is 10.1. The number of hydrogen-bond donors (Lipinski definition) is 2. The highest BCUT2D eigenvalue weighted by atomic mass is 16.5. The van der Waals surface area contributed by atoms with E-state index in [-0.39, 0.29) is 12.6 Å². The Morgan fingerprint density at radius 1 is 0.680 bits per heavy atom. The van der Waals surface area contributed by atoms with E-state index >= 15 is 0 Å². The van der Waals surface area contributed by atoms with Gasteiger partial charge < -0.3 is 20.3 Å². The Morgan fingerprint density at radius 3 is 1.60 bits per heavy atom. The van der Waals surface area contributed by atoms with Gasteiger partial charge in [0.15, 0.2) is 0 Å². The Hall–Kier alpha value is -2.82. The molecule has 128 valence electrons. The van der Waals surface area contributed by atoms with Crippen LogP contribution in [0.15, 0.2) is 78.9 Å². The summed E-state index contributed by atoms with van der Waals surface area (Å²) in [6, 6.07) is 24.6. The fourth-order valence-electron chi connectivity index (χ4n) is 2.40. The second-order valence-corrected chi connectivity index (χ2v) is 5.78. The fourth-order valence-corrected chi connectivity index (χ4v) is 2.40. The third kappa shape index (κ3) is 5.08. The minimum Gasteiger partial charge on any atom is -0.457 e. The standard InChI is InChI=1S/C21H21NO3/c22-17(15-23)14-16-6-8-19(9-7-16)25-21-12-10-20(11-13-21)24-18-4-2-1-3-5-18/h1-13,17,23H,14-15,22H2. The van der Waals surface area contributed by atoms with Crippen LogP contribution in [0.1, 0.15) is 5.56 Å². The van der Waals surface area contributed by atoms with Crippen molar-refractivity contribution in [2.75, 3.05) is 6.61 Å². The largest absolute Gasteiger partial charge is 0.457 e. The molecule has 3 N–H and O–H groups in total. The summed E-state index contributed by atoms with van der Waals surface area (Å²) in [5.74, 6) is 3.04.